The van der Waals surface area contributed by atoms with Crippen LogP contribution < -0.4 is 5.73 Å². The third-order valence-electron chi connectivity index (χ3n) is 1.88. The summed E-state index contributed by atoms with van der Waals surface area (Å²) >= 11 is 0. The van der Waals surface area contributed by atoms with Crippen LogP contribution in [0.4, 0.5) is 0 Å². The van der Waals surface area contributed by atoms with Crippen molar-refractivity contribution in [2.24, 2.45) is 5.73 Å². The van der Waals surface area contributed by atoms with Gasteiger partial charge >= 0.3 is 0 Å². The van der Waals surface area contributed by atoms with Crippen molar-refractivity contribution in [2.45, 2.75) is 38.6 Å². The maximum Gasteiger partial charge on any atom is 0.155 e. The summed E-state index contributed by atoms with van der Waals surface area (Å²) in [4.78, 5) is 0. The van der Waals surface area contributed by atoms with Gasteiger partial charge < -0.3 is 15.2 Å². The summed E-state index contributed by atoms with van der Waals surface area (Å²) in [5.41, 5.74) is 5.37. The van der Waals surface area contributed by atoms with Gasteiger partial charge in [-0.25, -0.2) is 0 Å². The zero-order valence-corrected chi connectivity index (χ0v) is 7.08. The van der Waals surface area contributed by atoms with Gasteiger partial charge in [0.1, 0.15) is 0 Å². The minimum atomic E-state index is -0.00197. The second-order valence-electron chi connectivity index (χ2n) is 2.94. The van der Waals surface area contributed by atoms with Crippen LogP contribution in [-0.4, -0.2) is 25.5 Å². The molecule has 0 aliphatic carbocycles. The van der Waals surface area contributed by atoms with Gasteiger partial charge in [0.05, 0.1) is 12.7 Å². The Labute approximate surface area is 67.9 Å². The molecule has 2 atom stereocenters. The molecule has 3 heteroatoms. The van der Waals surface area contributed by atoms with E-state index in [2.05, 4.69) is 0 Å². The second kappa shape index (κ2) is 4.70. The van der Waals surface area contributed by atoms with E-state index in [1.54, 1.807) is 0 Å². The van der Waals surface area contributed by atoms with E-state index in [0.717, 1.165) is 32.4 Å². The van der Waals surface area contributed by atoms with Gasteiger partial charge in [0, 0.05) is 0 Å². The Hall–Kier alpha value is -0.120. The molecule has 1 aliphatic heterocycles. The van der Waals surface area contributed by atoms with E-state index in [0.29, 0.717) is 6.10 Å². The van der Waals surface area contributed by atoms with E-state index < -0.39 is 0 Å². The third kappa shape index (κ3) is 3.18. The first-order valence-electron chi connectivity index (χ1n) is 4.30. The van der Waals surface area contributed by atoms with Crippen LogP contribution in [0.5, 0.6) is 0 Å². The summed E-state index contributed by atoms with van der Waals surface area (Å²) in [6, 6.07) is 0. The Kier molecular flexibility index (Phi) is 3.83. The van der Waals surface area contributed by atoms with E-state index in [1.807, 2.05) is 6.92 Å². The maximum absolute atomic E-state index is 5.44. The fourth-order valence-electron chi connectivity index (χ4n) is 1.26. The Morgan fingerprint density at radius 1 is 1.45 bits per heavy atom. The smallest absolute Gasteiger partial charge is 0.155 e. The van der Waals surface area contributed by atoms with Crippen LogP contribution in [0.15, 0.2) is 0 Å². The molecule has 0 aromatic carbocycles. The highest BCUT2D eigenvalue weighted by atomic mass is 16.7. The molecule has 2 unspecified atom stereocenters. The van der Waals surface area contributed by atoms with Crippen molar-refractivity contribution in [3.05, 3.63) is 0 Å². The van der Waals surface area contributed by atoms with Gasteiger partial charge in [0.2, 0.25) is 0 Å². The minimum absolute atomic E-state index is 0.00197. The van der Waals surface area contributed by atoms with Crippen LogP contribution in [0.25, 0.3) is 0 Å². The minimum Gasteiger partial charge on any atom is -0.350 e. The van der Waals surface area contributed by atoms with E-state index in [1.165, 1.54) is 0 Å². The average molecular weight is 159 g/mol. The topological polar surface area (TPSA) is 44.5 Å². The van der Waals surface area contributed by atoms with Crippen molar-refractivity contribution in [1.82, 2.24) is 0 Å². The number of ether oxygens (including phenoxy) is 2. The van der Waals surface area contributed by atoms with Gasteiger partial charge in [-0.1, -0.05) is 0 Å². The van der Waals surface area contributed by atoms with Crippen LogP contribution in [0.1, 0.15) is 26.2 Å². The lowest BCUT2D eigenvalue weighted by molar-refractivity contribution is -0.0434. The fraction of sp³-hybridized carbons (Fsp3) is 1.00. The van der Waals surface area contributed by atoms with Gasteiger partial charge in [-0.05, 0) is 32.7 Å². The van der Waals surface area contributed by atoms with E-state index in [9.17, 15) is 0 Å². The summed E-state index contributed by atoms with van der Waals surface area (Å²) in [6.45, 7) is 3.47. The summed E-state index contributed by atoms with van der Waals surface area (Å²) in [5, 5.41) is 0. The molecule has 0 radical (unpaired) electrons. The van der Waals surface area contributed by atoms with E-state index in [-0.39, 0.29) is 6.29 Å². The zero-order chi connectivity index (χ0) is 8.10. The lowest BCUT2D eigenvalue weighted by atomic mass is 10.1. The molecule has 2 N–H and O–H groups in total. The van der Waals surface area contributed by atoms with Gasteiger partial charge in [-0.15, -0.1) is 0 Å². The van der Waals surface area contributed by atoms with E-state index >= 15 is 0 Å². The lowest BCUT2D eigenvalue weighted by Crippen LogP contribution is -2.11. The molecular weight excluding hydrogens is 142 g/mol. The average Bonchev–Trinajstić information content (AvgIpc) is 2.37. The number of unbranched alkanes of at least 4 members (excludes halogenated alkanes) is 1. The lowest BCUT2D eigenvalue weighted by Gasteiger charge is -2.06. The molecule has 66 valence electrons. The molecule has 0 aromatic rings. The molecule has 0 spiro atoms. The van der Waals surface area contributed by atoms with Crippen LogP contribution >= 0.6 is 0 Å². The molecular formula is C8H17NO2. The molecule has 11 heavy (non-hydrogen) atoms. The number of hydrogen-bond acceptors (Lipinski definition) is 3. The van der Waals surface area contributed by atoms with Crippen molar-refractivity contribution in [2.75, 3.05) is 13.2 Å². The molecule has 0 aromatic heterocycles. The third-order valence-corrected chi connectivity index (χ3v) is 1.88. The van der Waals surface area contributed by atoms with Crippen LogP contribution in [-0.2, 0) is 9.47 Å². The van der Waals surface area contributed by atoms with Gasteiger partial charge in [-0.2, -0.15) is 0 Å². The summed E-state index contributed by atoms with van der Waals surface area (Å²) in [5.74, 6) is 0. The summed E-state index contributed by atoms with van der Waals surface area (Å²) in [7, 11) is 0. The molecule has 1 heterocycles. The predicted molar refractivity (Wildman–Crippen MR) is 43.2 cm³/mol. The van der Waals surface area contributed by atoms with Crippen LogP contribution in [0.2, 0.25) is 0 Å². The van der Waals surface area contributed by atoms with Crippen molar-refractivity contribution >= 4 is 0 Å². The molecule has 0 bridgehead atoms. The molecule has 0 amide bonds. The van der Waals surface area contributed by atoms with Gasteiger partial charge in [0.25, 0.3) is 0 Å². The largest absolute Gasteiger partial charge is 0.350 e. The Morgan fingerprint density at radius 3 is 2.82 bits per heavy atom. The number of nitrogens with two attached hydrogens (primary N) is 1. The van der Waals surface area contributed by atoms with Crippen LogP contribution in [0, 0.1) is 0 Å². The first-order valence-corrected chi connectivity index (χ1v) is 4.30. The van der Waals surface area contributed by atoms with Crippen molar-refractivity contribution in [3.8, 4) is 0 Å². The monoisotopic (exact) mass is 159 g/mol. The first-order chi connectivity index (χ1) is 5.33. The standard InChI is InChI=1S/C8H17NO2/c1-7-10-6-8(11-7)4-2-3-5-9/h7-8H,2-6,9H2,1H3. The Bertz CT molecular complexity index is 108. The number of rotatable bonds is 4. The van der Waals surface area contributed by atoms with Crippen molar-refractivity contribution in [3.63, 3.8) is 0 Å². The summed E-state index contributed by atoms with van der Waals surface area (Å²) < 4.78 is 10.7. The number of hydrogen-bond donors (Lipinski definition) is 1. The van der Waals surface area contributed by atoms with Gasteiger partial charge in [-0.3, -0.25) is 0 Å². The molecule has 0 saturated carbocycles. The molecule has 1 aliphatic rings. The SMILES string of the molecule is CC1OCC(CCCCN)O1. The highest BCUT2D eigenvalue weighted by Gasteiger charge is 2.21. The highest BCUT2D eigenvalue weighted by Crippen LogP contribution is 2.15. The van der Waals surface area contributed by atoms with Crippen LogP contribution in [0.3, 0.4) is 0 Å². The van der Waals surface area contributed by atoms with Crippen molar-refractivity contribution in [1.29, 1.82) is 0 Å². The first kappa shape index (κ1) is 8.97. The quantitative estimate of drug-likeness (QED) is 0.619. The maximum atomic E-state index is 5.44. The predicted octanol–water partition coefficient (Wildman–Crippen LogP) is 0.877. The molecule has 1 saturated heterocycles. The normalized spacial score (nSPS) is 31.1. The second-order valence-corrected chi connectivity index (χ2v) is 2.94. The van der Waals surface area contributed by atoms with Gasteiger partial charge in [0.15, 0.2) is 6.29 Å². The molecule has 1 rings (SSSR count). The van der Waals surface area contributed by atoms with Crippen molar-refractivity contribution < 1.29 is 9.47 Å². The Balaban J connectivity index is 1.99. The van der Waals surface area contributed by atoms with E-state index in [4.69, 9.17) is 15.2 Å². The summed E-state index contributed by atoms with van der Waals surface area (Å²) in [6.07, 6.45) is 3.64. The zero-order valence-electron chi connectivity index (χ0n) is 7.08. The molecule has 1 fully saturated rings. The highest BCUT2D eigenvalue weighted by molar-refractivity contribution is 4.63. The fourth-order valence-corrected chi connectivity index (χ4v) is 1.26. The Morgan fingerprint density at radius 2 is 2.27 bits per heavy atom. The molecule has 3 nitrogen and oxygen atoms in total.